The van der Waals surface area contributed by atoms with E-state index in [-0.39, 0.29) is 5.91 Å². The predicted molar refractivity (Wildman–Crippen MR) is 81.2 cm³/mol. The summed E-state index contributed by atoms with van der Waals surface area (Å²) in [4.78, 5) is 19.3. The third kappa shape index (κ3) is 2.55. The molecule has 2 heterocycles. The van der Waals surface area contributed by atoms with Crippen molar-refractivity contribution in [3.63, 3.8) is 0 Å². The van der Waals surface area contributed by atoms with Crippen LogP contribution < -0.4 is 0 Å². The van der Waals surface area contributed by atoms with Crippen molar-refractivity contribution in [3.8, 4) is 0 Å². The summed E-state index contributed by atoms with van der Waals surface area (Å²) in [5, 5.41) is 0. The van der Waals surface area contributed by atoms with Crippen molar-refractivity contribution in [1.82, 2.24) is 14.3 Å². The predicted octanol–water partition coefficient (Wildman–Crippen LogP) is 3.21. The number of hydrogen-bond acceptors (Lipinski definition) is 2. The zero-order valence-electron chi connectivity index (χ0n) is 12.8. The van der Waals surface area contributed by atoms with E-state index in [0.717, 1.165) is 42.8 Å². The maximum absolute atomic E-state index is 12.8. The normalized spacial score (nSPS) is 11.0. The number of rotatable bonds is 5. The molecule has 0 saturated heterocycles. The third-order valence-electron chi connectivity index (χ3n) is 3.50. The molecule has 2 aromatic heterocycles. The van der Waals surface area contributed by atoms with Gasteiger partial charge < -0.3 is 4.90 Å². The van der Waals surface area contributed by atoms with Crippen LogP contribution in [-0.4, -0.2) is 33.3 Å². The maximum atomic E-state index is 12.8. The number of aromatic nitrogens is 2. The highest BCUT2D eigenvalue weighted by Gasteiger charge is 2.21. The summed E-state index contributed by atoms with van der Waals surface area (Å²) in [6.45, 7) is 9.72. The Hall–Kier alpha value is -1.84. The number of carbonyl (C=O) groups excluding carboxylic acids is 1. The van der Waals surface area contributed by atoms with Crippen molar-refractivity contribution in [1.29, 1.82) is 0 Å². The van der Waals surface area contributed by atoms with Gasteiger partial charge in [0.2, 0.25) is 0 Å². The molecule has 0 spiro atoms. The lowest BCUT2D eigenvalue weighted by atomic mass is 10.2. The van der Waals surface area contributed by atoms with Crippen molar-refractivity contribution in [3.05, 3.63) is 35.3 Å². The molecule has 4 nitrogen and oxygen atoms in total. The van der Waals surface area contributed by atoms with E-state index >= 15 is 0 Å². The second-order valence-corrected chi connectivity index (χ2v) is 5.22. The summed E-state index contributed by atoms with van der Waals surface area (Å²) >= 11 is 0. The van der Waals surface area contributed by atoms with Crippen molar-refractivity contribution in [2.75, 3.05) is 13.1 Å². The van der Waals surface area contributed by atoms with E-state index in [1.165, 1.54) is 0 Å². The third-order valence-corrected chi connectivity index (χ3v) is 3.50. The molecule has 0 bridgehead atoms. The van der Waals surface area contributed by atoms with Crippen molar-refractivity contribution in [2.45, 2.75) is 40.5 Å². The van der Waals surface area contributed by atoms with Crippen LogP contribution in [-0.2, 0) is 0 Å². The number of pyridine rings is 1. The first kappa shape index (κ1) is 14.6. The van der Waals surface area contributed by atoms with Gasteiger partial charge in [-0.1, -0.05) is 19.9 Å². The minimum absolute atomic E-state index is 0.0873. The number of carbonyl (C=O) groups is 1. The maximum Gasteiger partial charge on any atom is 0.272 e. The molecule has 20 heavy (non-hydrogen) atoms. The molecule has 0 aliphatic rings. The van der Waals surface area contributed by atoms with Crippen LogP contribution in [0.25, 0.3) is 5.65 Å². The molecular formula is C16H23N3O. The summed E-state index contributed by atoms with van der Waals surface area (Å²) < 4.78 is 1.92. The molecule has 2 aromatic rings. The Bertz CT molecular complexity index is 609. The van der Waals surface area contributed by atoms with Crippen LogP contribution in [0.1, 0.15) is 48.4 Å². The van der Waals surface area contributed by atoms with Gasteiger partial charge in [0, 0.05) is 19.3 Å². The van der Waals surface area contributed by atoms with Gasteiger partial charge in [0.25, 0.3) is 5.91 Å². The van der Waals surface area contributed by atoms with E-state index < -0.39 is 0 Å². The molecule has 108 valence electrons. The fraction of sp³-hybridized carbons (Fsp3) is 0.500. The molecule has 0 aliphatic carbocycles. The van der Waals surface area contributed by atoms with Gasteiger partial charge in [0.1, 0.15) is 11.3 Å². The Morgan fingerprint density at radius 1 is 1.25 bits per heavy atom. The van der Waals surface area contributed by atoms with Crippen LogP contribution in [0.4, 0.5) is 0 Å². The lowest BCUT2D eigenvalue weighted by Gasteiger charge is -2.21. The molecule has 0 N–H and O–H groups in total. The monoisotopic (exact) mass is 273 g/mol. The fourth-order valence-electron chi connectivity index (χ4n) is 2.58. The largest absolute Gasteiger partial charge is 0.337 e. The number of aryl methyl sites for hydroxylation is 2. The van der Waals surface area contributed by atoms with Crippen LogP contribution in [0.2, 0.25) is 0 Å². The molecule has 0 radical (unpaired) electrons. The van der Waals surface area contributed by atoms with E-state index in [2.05, 4.69) is 18.8 Å². The zero-order chi connectivity index (χ0) is 14.7. The van der Waals surface area contributed by atoms with Crippen LogP contribution in [0.5, 0.6) is 0 Å². The first-order valence-corrected chi connectivity index (χ1v) is 7.33. The smallest absolute Gasteiger partial charge is 0.272 e. The zero-order valence-corrected chi connectivity index (χ0v) is 12.8. The molecule has 2 rings (SSSR count). The van der Waals surface area contributed by atoms with Crippen LogP contribution in [0.15, 0.2) is 18.3 Å². The van der Waals surface area contributed by atoms with Gasteiger partial charge in [-0.3, -0.25) is 9.20 Å². The van der Waals surface area contributed by atoms with Gasteiger partial charge in [0.15, 0.2) is 0 Å². The van der Waals surface area contributed by atoms with Crippen LogP contribution in [0.3, 0.4) is 0 Å². The number of fused-ring (bicyclic) bond motifs is 1. The molecule has 4 heteroatoms. The molecule has 0 unspecified atom stereocenters. The van der Waals surface area contributed by atoms with Gasteiger partial charge in [-0.15, -0.1) is 0 Å². The average molecular weight is 273 g/mol. The Kier molecular flexibility index (Phi) is 4.42. The molecule has 1 amide bonds. The SMILES string of the molecule is CCCN(CCC)C(=O)c1c(C)nc2c(C)cccn12. The van der Waals surface area contributed by atoms with Crippen molar-refractivity contribution < 1.29 is 4.79 Å². The Morgan fingerprint density at radius 2 is 1.90 bits per heavy atom. The summed E-state index contributed by atoms with van der Waals surface area (Å²) in [6.07, 6.45) is 3.87. The summed E-state index contributed by atoms with van der Waals surface area (Å²) in [5.41, 5.74) is 3.47. The second kappa shape index (κ2) is 6.07. The minimum atomic E-state index is 0.0873. The summed E-state index contributed by atoms with van der Waals surface area (Å²) in [5.74, 6) is 0.0873. The van der Waals surface area contributed by atoms with E-state index in [1.54, 1.807) is 0 Å². The fourth-order valence-corrected chi connectivity index (χ4v) is 2.58. The topological polar surface area (TPSA) is 37.6 Å². The highest BCUT2D eigenvalue weighted by atomic mass is 16.2. The molecule has 0 fully saturated rings. The highest BCUT2D eigenvalue weighted by molar-refractivity contribution is 5.94. The Morgan fingerprint density at radius 3 is 2.50 bits per heavy atom. The molecule has 0 saturated carbocycles. The minimum Gasteiger partial charge on any atom is -0.337 e. The quantitative estimate of drug-likeness (QED) is 0.839. The highest BCUT2D eigenvalue weighted by Crippen LogP contribution is 2.17. The van der Waals surface area contributed by atoms with Gasteiger partial charge >= 0.3 is 0 Å². The standard InChI is InChI=1S/C16H23N3O/c1-5-9-18(10-6-2)16(20)14-13(4)17-15-12(3)8-7-11-19(14)15/h7-8,11H,5-6,9-10H2,1-4H3. The van der Waals surface area contributed by atoms with Crippen LogP contribution in [0, 0.1) is 13.8 Å². The van der Waals surface area contributed by atoms with E-state index in [9.17, 15) is 4.79 Å². The van der Waals surface area contributed by atoms with E-state index in [1.807, 2.05) is 41.5 Å². The first-order chi connectivity index (χ1) is 9.60. The van der Waals surface area contributed by atoms with Gasteiger partial charge in [-0.25, -0.2) is 4.98 Å². The molecular weight excluding hydrogens is 250 g/mol. The van der Waals surface area contributed by atoms with Crippen molar-refractivity contribution >= 4 is 11.6 Å². The molecule has 0 aliphatic heterocycles. The number of imidazole rings is 1. The molecule has 0 atom stereocenters. The number of hydrogen-bond donors (Lipinski definition) is 0. The van der Waals surface area contributed by atoms with Crippen molar-refractivity contribution in [2.24, 2.45) is 0 Å². The lowest BCUT2D eigenvalue weighted by molar-refractivity contribution is 0.0748. The summed E-state index contributed by atoms with van der Waals surface area (Å²) in [7, 11) is 0. The molecule has 0 aromatic carbocycles. The van der Waals surface area contributed by atoms with E-state index in [0.29, 0.717) is 5.69 Å². The van der Waals surface area contributed by atoms with Crippen LogP contribution >= 0.6 is 0 Å². The second-order valence-electron chi connectivity index (χ2n) is 5.22. The lowest BCUT2D eigenvalue weighted by Crippen LogP contribution is -2.33. The number of amides is 1. The van der Waals surface area contributed by atoms with Gasteiger partial charge in [0.05, 0.1) is 5.69 Å². The average Bonchev–Trinajstić information content (AvgIpc) is 2.75. The first-order valence-electron chi connectivity index (χ1n) is 7.33. The Labute approximate surface area is 120 Å². The number of nitrogens with zero attached hydrogens (tertiary/aromatic N) is 3. The summed E-state index contributed by atoms with van der Waals surface area (Å²) in [6, 6.07) is 3.98. The van der Waals surface area contributed by atoms with E-state index in [4.69, 9.17) is 0 Å². The van der Waals surface area contributed by atoms with Gasteiger partial charge in [-0.05, 0) is 38.3 Å². The Balaban J connectivity index is 2.48. The van der Waals surface area contributed by atoms with Gasteiger partial charge in [-0.2, -0.15) is 0 Å².